The number of nitrogen functional groups attached to an aromatic ring is 1. The maximum absolute atomic E-state index is 11.9. The van der Waals surface area contributed by atoms with Gasteiger partial charge in [0.1, 0.15) is 0 Å². The van der Waals surface area contributed by atoms with Crippen molar-refractivity contribution >= 4 is 11.6 Å². The van der Waals surface area contributed by atoms with Gasteiger partial charge in [0.15, 0.2) is 0 Å². The molecule has 0 aliphatic carbocycles. The van der Waals surface area contributed by atoms with Crippen molar-refractivity contribution in [1.82, 2.24) is 4.90 Å². The summed E-state index contributed by atoms with van der Waals surface area (Å²) >= 11 is 0. The fraction of sp³-hybridized carbons (Fsp3) is 0.286. The molecular weight excluding hydrogens is 353 g/mol. The van der Waals surface area contributed by atoms with Crippen LogP contribution in [-0.4, -0.2) is 23.9 Å². The van der Waals surface area contributed by atoms with E-state index in [2.05, 4.69) is 37.8 Å². The first kappa shape index (κ1) is 20.6. The van der Waals surface area contributed by atoms with Gasteiger partial charge in [-0.1, -0.05) is 42.5 Å². The Bertz CT molecular complexity index is 785. The second-order valence-corrected chi connectivity index (χ2v) is 6.51. The molecule has 27 heavy (non-hydrogen) atoms. The highest BCUT2D eigenvalue weighted by molar-refractivity contribution is 5.87. The number of alkyl halides is 3. The van der Waals surface area contributed by atoms with Crippen molar-refractivity contribution in [1.29, 1.82) is 0 Å². The molecule has 1 aliphatic rings. The van der Waals surface area contributed by atoms with E-state index in [1.165, 1.54) is 29.3 Å². The minimum atomic E-state index is -4.30. The van der Waals surface area contributed by atoms with Gasteiger partial charge in [-0.05, 0) is 43.2 Å². The van der Waals surface area contributed by atoms with Crippen molar-refractivity contribution in [3.8, 4) is 0 Å². The Balaban J connectivity index is 0.000000208. The molecule has 1 unspecified atom stereocenters. The number of likely N-dealkylation sites (tertiary alicyclic amines) is 1. The van der Waals surface area contributed by atoms with Crippen molar-refractivity contribution < 1.29 is 18.0 Å². The van der Waals surface area contributed by atoms with Crippen LogP contribution in [-0.2, 0) is 11.0 Å². The van der Waals surface area contributed by atoms with Gasteiger partial charge in [0.2, 0.25) is 5.91 Å². The van der Waals surface area contributed by atoms with E-state index in [1.54, 1.807) is 0 Å². The van der Waals surface area contributed by atoms with Crippen LogP contribution in [0.5, 0.6) is 0 Å². The third kappa shape index (κ3) is 5.88. The number of hydrogen-bond donors (Lipinski definition) is 1. The van der Waals surface area contributed by atoms with Gasteiger partial charge in [0.05, 0.1) is 5.56 Å². The average molecular weight is 376 g/mol. The van der Waals surface area contributed by atoms with Gasteiger partial charge in [-0.2, -0.15) is 13.2 Å². The number of halogens is 3. The summed E-state index contributed by atoms with van der Waals surface area (Å²) in [6.45, 7) is 7.29. The predicted octanol–water partition coefficient (Wildman–Crippen LogP) is 4.78. The highest BCUT2D eigenvalue weighted by Gasteiger charge is 2.30. The summed E-state index contributed by atoms with van der Waals surface area (Å²) in [4.78, 5) is 13.3. The summed E-state index contributed by atoms with van der Waals surface area (Å²) in [5.74, 6) is 0.541. The number of carbonyl (C=O) groups excluding carboxylic acids is 1. The van der Waals surface area contributed by atoms with Gasteiger partial charge in [-0.3, -0.25) is 4.79 Å². The summed E-state index contributed by atoms with van der Waals surface area (Å²) in [6.07, 6.45) is -1.84. The van der Waals surface area contributed by atoms with E-state index < -0.39 is 11.7 Å². The molecule has 1 saturated heterocycles. The fourth-order valence-electron chi connectivity index (χ4n) is 2.92. The molecule has 144 valence electrons. The Morgan fingerprint density at radius 2 is 1.89 bits per heavy atom. The summed E-state index contributed by atoms with van der Waals surface area (Å²) in [6, 6.07) is 13.2. The zero-order valence-electron chi connectivity index (χ0n) is 15.2. The van der Waals surface area contributed by atoms with Crippen molar-refractivity contribution in [2.75, 3.05) is 18.8 Å². The fourth-order valence-corrected chi connectivity index (χ4v) is 2.92. The van der Waals surface area contributed by atoms with E-state index in [-0.39, 0.29) is 11.6 Å². The van der Waals surface area contributed by atoms with Crippen LogP contribution in [0.2, 0.25) is 0 Å². The number of rotatable bonds is 2. The Morgan fingerprint density at radius 3 is 2.41 bits per heavy atom. The third-order valence-electron chi connectivity index (χ3n) is 4.44. The first-order valence-electron chi connectivity index (χ1n) is 8.61. The van der Waals surface area contributed by atoms with E-state index in [1.807, 2.05) is 4.90 Å². The summed E-state index contributed by atoms with van der Waals surface area (Å²) in [5.41, 5.74) is 7.19. The number of nitrogens with two attached hydrogens (primary N) is 1. The van der Waals surface area contributed by atoms with Crippen molar-refractivity contribution in [2.45, 2.75) is 25.4 Å². The first-order valence-corrected chi connectivity index (χ1v) is 8.61. The molecule has 0 bridgehead atoms. The quantitative estimate of drug-likeness (QED) is 0.605. The van der Waals surface area contributed by atoms with Crippen LogP contribution in [0.3, 0.4) is 0 Å². The highest BCUT2D eigenvalue weighted by Crippen LogP contribution is 2.30. The topological polar surface area (TPSA) is 46.3 Å². The minimum Gasteiger partial charge on any atom is -0.399 e. The van der Waals surface area contributed by atoms with Gasteiger partial charge in [0, 0.05) is 24.7 Å². The average Bonchev–Trinajstić information content (AvgIpc) is 3.12. The minimum absolute atomic E-state index is 0.0506. The molecule has 3 nitrogen and oxygen atoms in total. The number of hydrogen-bond acceptors (Lipinski definition) is 2. The number of aryl methyl sites for hydroxylation is 1. The second kappa shape index (κ2) is 8.75. The van der Waals surface area contributed by atoms with E-state index in [4.69, 9.17) is 5.73 Å². The van der Waals surface area contributed by atoms with Gasteiger partial charge in [-0.25, -0.2) is 0 Å². The Hall–Kier alpha value is -2.76. The lowest BCUT2D eigenvalue weighted by atomic mass is 9.98. The molecule has 2 aromatic carbocycles. The smallest absolute Gasteiger partial charge is 0.399 e. The molecule has 1 heterocycles. The molecule has 0 spiro atoms. The summed E-state index contributed by atoms with van der Waals surface area (Å²) in [5, 5.41) is 0. The van der Waals surface area contributed by atoms with Crippen molar-refractivity contribution in [2.24, 2.45) is 0 Å². The number of carbonyl (C=O) groups is 1. The number of nitrogens with zero attached hydrogens (tertiary/aromatic N) is 1. The van der Waals surface area contributed by atoms with Gasteiger partial charge < -0.3 is 10.6 Å². The van der Waals surface area contributed by atoms with Gasteiger partial charge in [-0.15, -0.1) is 0 Å². The lowest BCUT2D eigenvalue weighted by Crippen LogP contribution is -2.26. The van der Waals surface area contributed by atoms with E-state index in [9.17, 15) is 18.0 Å². The molecule has 1 atom stereocenters. The van der Waals surface area contributed by atoms with Crippen LogP contribution in [0.1, 0.15) is 29.0 Å². The first-order chi connectivity index (χ1) is 12.7. The Kier molecular flexibility index (Phi) is 6.66. The molecule has 2 aromatic rings. The molecule has 1 aliphatic heterocycles. The lowest BCUT2D eigenvalue weighted by molar-refractivity contribution is -0.137. The SMILES string of the molecule is C=CC(=O)N1CCC(c2ccc(C)cc2)C1.Nc1cccc(C(F)(F)F)c1. The van der Waals surface area contributed by atoms with Crippen molar-refractivity contribution in [3.63, 3.8) is 0 Å². The molecular formula is C21H23F3N2O. The van der Waals surface area contributed by atoms with Gasteiger partial charge >= 0.3 is 6.18 Å². The Labute approximate surface area is 157 Å². The van der Waals surface area contributed by atoms with Crippen molar-refractivity contribution in [3.05, 3.63) is 77.9 Å². The normalized spacial score (nSPS) is 16.4. The maximum Gasteiger partial charge on any atom is 0.416 e. The predicted molar refractivity (Wildman–Crippen MR) is 101 cm³/mol. The standard InChI is InChI=1S/C14H17NO.C7H6F3N/c1-3-14(16)15-9-8-13(10-15)12-6-4-11(2)5-7-12;8-7(9,10)5-2-1-3-6(11)4-5/h3-7,13H,1,8-10H2,2H3;1-4H,11H2. The molecule has 1 amide bonds. The lowest BCUT2D eigenvalue weighted by Gasteiger charge is -2.14. The molecule has 3 rings (SSSR count). The van der Waals surface area contributed by atoms with Gasteiger partial charge in [0.25, 0.3) is 0 Å². The molecule has 1 fully saturated rings. The Morgan fingerprint density at radius 1 is 1.22 bits per heavy atom. The number of anilines is 1. The highest BCUT2D eigenvalue weighted by atomic mass is 19.4. The summed E-state index contributed by atoms with van der Waals surface area (Å²) in [7, 11) is 0. The van der Waals surface area contributed by atoms with Crippen LogP contribution < -0.4 is 5.73 Å². The zero-order valence-corrected chi connectivity index (χ0v) is 15.2. The van der Waals surface area contributed by atoms with Crippen LogP contribution >= 0.6 is 0 Å². The zero-order chi connectivity index (χ0) is 20.0. The van der Waals surface area contributed by atoms with Crippen LogP contribution in [0.4, 0.5) is 18.9 Å². The van der Waals surface area contributed by atoms with Crippen LogP contribution in [0, 0.1) is 6.92 Å². The maximum atomic E-state index is 11.9. The third-order valence-corrected chi connectivity index (χ3v) is 4.44. The molecule has 0 saturated carbocycles. The van der Waals surface area contributed by atoms with Crippen LogP contribution in [0.15, 0.2) is 61.2 Å². The van der Waals surface area contributed by atoms with Crippen LogP contribution in [0.25, 0.3) is 0 Å². The number of amides is 1. The molecule has 6 heteroatoms. The van der Waals surface area contributed by atoms with E-state index in [0.29, 0.717) is 5.92 Å². The van der Waals surface area contributed by atoms with E-state index >= 15 is 0 Å². The molecule has 0 aromatic heterocycles. The largest absolute Gasteiger partial charge is 0.416 e. The number of benzene rings is 2. The second-order valence-electron chi connectivity index (χ2n) is 6.51. The van der Waals surface area contributed by atoms with E-state index in [0.717, 1.165) is 31.6 Å². The molecule has 0 radical (unpaired) electrons. The molecule has 2 N–H and O–H groups in total. The monoisotopic (exact) mass is 376 g/mol. The summed E-state index contributed by atoms with van der Waals surface area (Å²) < 4.78 is 35.7.